The van der Waals surface area contributed by atoms with Crippen LogP contribution in [-0.4, -0.2) is 13.1 Å². The van der Waals surface area contributed by atoms with Crippen LogP contribution >= 0.6 is 0 Å². The quantitative estimate of drug-likeness (QED) is 0.372. The summed E-state index contributed by atoms with van der Waals surface area (Å²) in [6.45, 7) is 4.06. The van der Waals surface area contributed by atoms with E-state index in [-0.39, 0.29) is 11.9 Å². The first-order chi connectivity index (χ1) is 11.5. The summed E-state index contributed by atoms with van der Waals surface area (Å²) in [6.07, 6.45) is 2.71. The molecule has 24 heavy (non-hydrogen) atoms. The van der Waals surface area contributed by atoms with E-state index in [1.165, 1.54) is 0 Å². The van der Waals surface area contributed by atoms with Crippen LogP contribution in [0.2, 0.25) is 0 Å². The number of nitrogens with two attached hydrogens (primary N) is 1. The fourth-order valence-electron chi connectivity index (χ4n) is 2.20. The topological polar surface area (TPSA) is 61.5 Å². The van der Waals surface area contributed by atoms with Crippen molar-refractivity contribution in [1.29, 1.82) is 0 Å². The Bertz CT molecular complexity index is 703. The average molecular weight is 325 g/mol. The summed E-state index contributed by atoms with van der Waals surface area (Å²) in [5, 5.41) is 0. The maximum atomic E-state index is 12.6. The number of ether oxygens (including phenoxy) is 2. The van der Waals surface area contributed by atoms with Gasteiger partial charge in [0.05, 0.1) is 7.11 Å². The second kappa shape index (κ2) is 8.20. The minimum absolute atomic E-state index is 0.0911. The summed E-state index contributed by atoms with van der Waals surface area (Å²) in [6, 6.07) is 14.4. The van der Waals surface area contributed by atoms with Crippen molar-refractivity contribution < 1.29 is 14.3 Å². The summed E-state index contributed by atoms with van der Waals surface area (Å²) in [7, 11) is 1.62. The van der Waals surface area contributed by atoms with Crippen LogP contribution in [0.3, 0.4) is 0 Å². The lowest BCUT2D eigenvalue weighted by Gasteiger charge is -2.14. The number of carbonyl (C=O) groups excluding carboxylic acids is 1. The van der Waals surface area contributed by atoms with Crippen molar-refractivity contribution in [3.63, 3.8) is 0 Å². The Kier molecular flexibility index (Phi) is 6.01. The Morgan fingerprint density at radius 2 is 1.67 bits per heavy atom. The van der Waals surface area contributed by atoms with Crippen LogP contribution < -0.4 is 15.2 Å². The number of carbonyl (C=O) groups is 1. The van der Waals surface area contributed by atoms with Crippen LogP contribution in [0, 0.1) is 5.92 Å². The zero-order valence-electron chi connectivity index (χ0n) is 14.3. The van der Waals surface area contributed by atoms with E-state index in [1.807, 2.05) is 44.2 Å². The summed E-state index contributed by atoms with van der Waals surface area (Å²) in [4.78, 5) is 12.6. The van der Waals surface area contributed by atoms with Crippen LogP contribution in [0.25, 0.3) is 6.08 Å². The molecule has 0 aliphatic carbocycles. The number of benzene rings is 2. The molecule has 1 unspecified atom stereocenters. The van der Waals surface area contributed by atoms with Gasteiger partial charge in [-0.1, -0.05) is 26.0 Å². The third-order valence-electron chi connectivity index (χ3n) is 3.91. The van der Waals surface area contributed by atoms with E-state index >= 15 is 0 Å². The van der Waals surface area contributed by atoms with Crippen LogP contribution in [0.4, 0.5) is 5.69 Å². The molecule has 2 rings (SSSR count). The molecule has 2 aromatic carbocycles. The molecule has 126 valence electrons. The molecule has 0 fully saturated rings. The summed E-state index contributed by atoms with van der Waals surface area (Å²) >= 11 is 0. The van der Waals surface area contributed by atoms with Gasteiger partial charge < -0.3 is 15.2 Å². The molecule has 0 aromatic heterocycles. The van der Waals surface area contributed by atoms with E-state index in [1.54, 1.807) is 31.4 Å². The molecular weight excluding hydrogens is 302 g/mol. The fourth-order valence-corrected chi connectivity index (χ4v) is 2.20. The number of nitrogen functional groups attached to an aromatic ring is 1. The Morgan fingerprint density at radius 1 is 1.08 bits per heavy atom. The SMILES string of the molecule is CCC(C)C(=Cc1ccc(OC)cc1)C(=O)Oc1ccc(N)cc1. The predicted molar refractivity (Wildman–Crippen MR) is 96.9 cm³/mol. The van der Waals surface area contributed by atoms with Gasteiger partial charge in [0.25, 0.3) is 0 Å². The van der Waals surface area contributed by atoms with Crippen LogP contribution in [0.15, 0.2) is 54.1 Å². The number of hydrogen-bond donors (Lipinski definition) is 1. The van der Waals surface area contributed by atoms with Crippen molar-refractivity contribution in [2.45, 2.75) is 20.3 Å². The van der Waals surface area contributed by atoms with Gasteiger partial charge in [-0.05, 0) is 60.4 Å². The predicted octanol–water partition coefficient (Wildman–Crippen LogP) is 4.31. The Hall–Kier alpha value is -2.75. The van der Waals surface area contributed by atoms with Crippen molar-refractivity contribution in [2.24, 2.45) is 5.92 Å². The third kappa shape index (κ3) is 4.62. The van der Waals surface area contributed by atoms with E-state index in [2.05, 4.69) is 0 Å². The molecule has 0 heterocycles. The van der Waals surface area contributed by atoms with Gasteiger partial charge in [-0.15, -0.1) is 0 Å². The Morgan fingerprint density at radius 3 is 2.21 bits per heavy atom. The molecule has 2 N–H and O–H groups in total. The summed E-state index contributed by atoms with van der Waals surface area (Å²) < 4.78 is 10.6. The standard InChI is InChI=1S/C20H23NO3/c1-4-14(2)19(13-15-5-9-17(23-3)10-6-15)20(22)24-18-11-7-16(21)8-12-18/h5-14H,4,21H2,1-3H3. The molecule has 0 aliphatic rings. The van der Waals surface area contributed by atoms with Gasteiger partial charge in [-0.2, -0.15) is 0 Å². The van der Waals surface area contributed by atoms with Crippen LogP contribution in [-0.2, 0) is 4.79 Å². The summed E-state index contributed by atoms with van der Waals surface area (Å²) in [5.41, 5.74) is 7.85. The Labute approximate surface area is 142 Å². The summed E-state index contributed by atoms with van der Waals surface area (Å²) in [5.74, 6) is 1.01. The van der Waals surface area contributed by atoms with Crippen LogP contribution in [0.5, 0.6) is 11.5 Å². The second-order valence-electron chi connectivity index (χ2n) is 5.64. The van der Waals surface area contributed by atoms with Gasteiger partial charge in [-0.25, -0.2) is 4.79 Å². The maximum Gasteiger partial charge on any atom is 0.339 e. The van der Waals surface area contributed by atoms with Gasteiger partial charge in [0.15, 0.2) is 0 Å². The molecular formula is C20H23NO3. The number of hydrogen-bond acceptors (Lipinski definition) is 4. The first-order valence-corrected chi connectivity index (χ1v) is 7.96. The van der Waals surface area contributed by atoms with Gasteiger partial charge >= 0.3 is 5.97 Å². The molecule has 4 heteroatoms. The maximum absolute atomic E-state index is 12.6. The smallest absolute Gasteiger partial charge is 0.339 e. The zero-order chi connectivity index (χ0) is 17.5. The van der Waals surface area contributed by atoms with Crippen molar-refractivity contribution in [3.05, 3.63) is 59.7 Å². The van der Waals surface area contributed by atoms with Gasteiger partial charge in [0, 0.05) is 11.3 Å². The van der Waals surface area contributed by atoms with Crippen molar-refractivity contribution in [3.8, 4) is 11.5 Å². The lowest BCUT2D eigenvalue weighted by molar-refractivity contribution is -0.130. The number of anilines is 1. The highest BCUT2D eigenvalue weighted by molar-refractivity contribution is 5.95. The first kappa shape index (κ1) is 17.6. The molecule has 0 saturated carbocycles. The highest BCUT2D eigenvalue weighted by Gasteiger charge is 2.18. The van der Waals surface area contributed by atoms with Crippen molar-refractivity contribution >= 4 is 17.7 Å². The third-order valence-corrected chi connectivity index (χ3v) is 3.91. The van der Waals surface area contributed by atoms with E-state index in [9.17, 15) is 4.79 Å². The van der Waals surface area contributed by atoms with Crippen molar-refractivity contribution in [1.82, 2.24) is 0 Å². The van der Waals surface area contributed by atoms with Gasteiger partial charge in [-0.3, -0.25) is 0 Å². The number of methoxy groups -OCH3 is 1. The van der Waals surface area contributed by atoms with E-state index < -0.39 is 0 Å². The zero-order valence-corrected chi connectivity index (χ0v) is 14.3. The molecule has 0 aliphatic heterocycles. The number of esters is 1. The monoisotopic (exact) mass is 325 g/mol. The molecule has 0 spiro atoms. The fraction of sp³-hybridized carbons (Fsp3) is 0.250. The van der Waals surface area contributed by atoms with Gasteiger partial charge in [0.1, 0.15) is 11.5 Å². The average Bonchev–Trinajstić information content (AvgIpc) is 2.61. The molecule has 0 amide bonds. The van der Waals surface area contributed by atoms with E-state index in [4.69, 9.17) is 15.2 Å². The molecule has 0 saturated heterocycles. The highest BCUT2D eigenvalue weighted by atomic mass is 16.5. The molecule has 2 aromatic rings. The molecule has 0 bridgehead atoms. The lowest BCUT2D eigenvalue weighted by Crippen LogP contribution is -2.16. The van der Waals surface area contributed by atoms with Crippen molar-refractivity contribution in [2.75, 3.05) is 12.8 Å². The largest absolute Gasteiger partial charge is 0.497 e. The number of rotatable bonds is 6. The van der Waals surface area contributed by atoms with E-state index in [0.717, 1.165) is 17.7 Å². The molecule has 4 nitrogen and oxygen atoms in total. The first-order valence-electron chi connectivity index (χ1n) is 7.96. The molecule has 1 atom stereocenters. The van der Waals surface area contributed by atoms with Crippen LogP contribution in [0.1, 0.15) is 25.8 Å². The minimum Gasteiger partial charge on any atom is -0.497 e. The van der Waals surface area contributed by atoms with Gasteiger partial charge in [0.2, 0.25) is 0 Å². The highest BCUT2D eigenvalue weighted by Crippen LogP contribution is 2.23. The van der Waals surface area contributed by atoms with E-state index in [0.29, 0.717) is 17.0 Å². The second-order valence-corrected chi connectivity index (χ2v) is 5.64. The molecule has 0 radical (unpaired) electrons. The lowest BCUT2D eigenvalue weighted by atomic mass is 9.96. The Balaban J connectivity index is 2.24. The minimum atomic E-state index is -0.343. The normalized spacial score (nSPS) is 12.5.